The molecule has 2 N–H and O–H groups in total. The Morgan fingerprint density at radius 1 is 1.20 bits per heavy atom. The Morgan fingerprint density at radius 3 is 2.75 bits per heavy atom. The Bertz CT molecular complexity index is 705. The predicted molar refractivity (Wildman–Crippen MR) is 71.7 cm³/mol. The number of anilines is 1. The smallest absolute Gasteiger partial charge is 0.240 e. The zero-order valence-corrected chi connectivity index (χ0v) is 11.6. The number of aryl methyl sites for hydroxylation is 1. The van der Waals surface area contributed by atoms with E-state index in [9.17, 15) is 0 Å². The first kappa shape index (κ1) is 12.5. The number of hydrogen-bond acceptors (Lipinski definition) is 8. The molecule has 102 valence electrons. The SMILES string of the molecule is CNc1nc(Sc2n[nH]c(C)n2)nc(-n2ccnc2)n1. The Labute approximate surface area is 118 Å². The fourth-order valence-corrected chi connectivity index (χ4v) is 2.14. The van der Waals surface area contributed by atoms with Gasteiger partial charge < -0.3 is 5.32 Å². The zero-order chi connectivity index (χ0) is 13.9. The third-order valence-electron chi connectivity index (χ3n) is 2.32. The number of aromatic nitrogens is 8. The quantitative estimate of drug-likeness (QED) is 0.721. The van der Waals surface area contributed by atoms with Gasteiger partial charge in [-0.05, 0) is 18.7 Å². The van der Waals surface area contributed by atoms with Crippen LogP contribution in [0.3, 0.4) is 0 Å². The van der Waals surface area contributed by atoms with Crippen LogP contribution in [-0.4, -0.2) is 46.7 Å². The first-order valence-corrected chi connectivity index (χ1v) is 6.55. The molecular weight excluding hydrogens is 278 g/mol. The maximum atomic E-state index is 4.36. The largest absolute Gasteiger partial charge is 0.357 e. The van der Waals surface area contributed by atoms with Crippen LogP contribution in [0.25, 0.3) is 5.95 Å². The summed E-state index contributed by atoms with van der Waals surface area (Å²) in [6.07, 6.45) is 5.05. The molecule has 0 aromatic carbocycles. The Balaban J connectivity index is 1.96. The summed E-state index contributed by atoms with van der Waals surface area (Å²) >= 11 is 1.26. The van der Waals surface area contributed by atoms with E-state index in [0.717, 1.165) is 5.82 Å². The number of aromatic amines is 1. The molecule has 20 heavy (non-hydrogen) atoms. The van der Waals surface area contributed by atoms with Gasteiger partial charge in [0, 0.05) is 19.4 Å². The van der Waals surface area contributed by atoms with E-state index >= 15 is 0 Å². The minimum absolute atomic E-state index is 0.471. The molecule has 0 aliphatic carbocycles. The second-order valence-corrected chi connectivity index (χ2v) is 4.70. The summed E-state index contributed by atoms with van der Waals surface area (Å²) in [6, 6.07) is 0. The second-order valence-electron chi connectivity index (χ2n) is 3.77. The van der Waals surface area contributed by atoms with Gasteiger partial charge >= 0.3 is 0 Å². The van der Waals surface area contributed by atoms with E-state index in [0.29, 0.717) is 22.2 Å². The van der Waals surface area contributed by atoms with E-state index in [1.165, 1.54) is 11.8 Å². The standard InChI is InChI=1S/C10H11N9S/c1-6-13-10(18-17-6)20-9-15-7(11-2)14-8(16-9)19-4-3-12-5-19/h3-5H,1-2H3,(H,13,17,18)(H,11,14,15,16). The highest BCUT2D eigenvalue weighted by Crippen LogP contribution is 2.22. The molecule has 10 heteroatoms. The van der Waals surface area contributed by atoms with Gasteiger partial charge in [-0.15, -0.1) is 5.10 Å². The van der Waals surface area contributed by atoms with Gasteiger partial charge in [0.15, 0.2) is 0 Å². The zero-order valence-electron chi connectivity index (χ0n) is 10.8. The number of hydrogen-bond donors (Lipinski definition) is 2. The summed E-state index contributed by atoms with van der Waals surface area (Å²) < 4.78 is 1.70. The van der Waals surface area contributed by atoms with Gasteiger partial charge in [-0.1, -0.05) is 0 Å². The van der Waals surface area contributed by atoms with E-state index in [1.807, 2.05) is 6.92 Å². The van der Waals surface area contributed by atoms with Crippen molar-refractivity contribution in [2.75, 3.05) is 12.4 Å². The molecule has 9 nitrogen and oxygen atoms in total. The van der Waals surface area contributed by atoms with Gasteiger partial charge in [0.2, 0.25) is 22.2 Å². The molecule has 0 radical (unpaired) electrons. The lowest BCUT2D eigenvalue weighted by Crippen LogP contribution is -2.06. The predicted octanol–water partition coefficient (Wildman–Crippen LogP) is 0.677. The normalized spacial score (nSPS) is 10.7. The Morgan fingerprint density at radius 2 is 2.10 bits per heavy atom. The van der Waals surface area contributed by atoms with Crippen LogP contribution in [0.2, 0.25) is 0 Å². The van der Waals surface area contributed by atoms with Crippen LogP contribution in [0, 0.1) is 6.92 Å². The second kappa shape index (κ2) is 5.25. The van der Waals surface area contributed by atoms with Crippen molar-refractivity contribution >= 4 is 17.7 Å². The molecule has 0 unspecified atom stereocenters. The number of H-pyrrole nitrogens is 1. The van der Waals surface area contributed by atoms with E-state index in [4.69, 9.17) is 0 Å². The van der Waals surface area contributed by atoms with Crippen LogP contribution in [0.1, 0.15) is 5.82 Å². The van der Waals surface area contributed by atoms with Gasteiger partial charge in [0.1, 0.15) is 12.2 Å². The fraction of sp³-hybridized carbons (Fsp3) is 0.200. The number of nitrogens with zero attached hydrogens (tertiary/aromatic N) is 7. The third kappa shape index (κ3) is 2.59. The van der Waals surface area contributed by atoms with Crippen molar-refractivity contribution in [2.45, 2.75) is 17.2 Å². The maximum absolute atomic E-state index is 4.36. The van der Waals surface area contributed by atoms with Gasteiger partial charge in [-0.25, -0.2) is 9.97 Å². The summed E-state index contributed by atoms with van der Waals surface area (Å²) in [5, 5.41) is 10.8. The van der Waals surface area contributed by atoms with Crippen molar-refractivity contribution in [1.29, 1.82) is 0 Å². The van der Waals surface area contributed by atoms with Gasteiger partial charge in [0.25, 0.3) is 0 Å². The summed E-state index contributed by atoms with van der Waals surface area (Å²) in [7, 11) is 1.75. The molecule has 3 rings (SSSR count). The molecule has 0 fully saturated rings. The van der Waals surface area contributed by atoms with Crippen LogP contribution < -0.4 is 5.32 Å². The molecule has 3 aromatic rings. The molecule has 0 aliphatic heterocycles. The molecule has 0 aliphatic rings. The number of rotatable bonds is 4. The molecule has 0 atom stereocenters. The lowest BCUT2D eigenvalue weighted by molar-refractivity contribution is 0.824. The Kier molecular flexibility index (Phi) is 3.29. The van der Waals surface area contributed by atoms with Crippen molar-refractivity contribution in [3.8, 4) is 5.95 Å². The van der Waals surface area contributed by atoms with Crippen LogP contribution in [0.5, 0.6) is 0 Å². The van der Waals surface area contributed by atoms with Crippen LogP contribution in [0.4, 0.5) is 5.95 Å². The summed E-state index contributed by atoms with van der Waals surface area (Å²) in [5.41, 5.74) is 0. The van der Waals surface area contributed by atoms with Crippen molar-refractivity contribution < 1.29 is 0 Å². The third-order valence-corrected chi connectivity index (χ3v) is 3.05. The minimum atomic E-state index is 0.471. The van der Waals surface area contributed by atoms with E-state index in [2.05, 4.69) is 40.4 Å². The van der Waals surface area contributed by atoms with Crippen molar-refractivity contribution in [2.24, 2.45) is 0 Å². The molecular formula is C10H11N9S. The molecule has 3 heterocycles. The molecule has 0 bridgehead atoms. The molecule has 0 spiro atoms. The fourth-order valence-electron chi connectivity index (χ4n) is 1.45. The van der Waals surface area contributed by atoms with Crippen molar-refractivity contribution in [3.05, 3.63) is 24.5 Å². The average molecular weight is 289 g/mol. The molecule has 0 saturated carbocycles. The number of imidazole rings is 1. The molecule has 3 aromatic heterocycles. The summed E-state index contributed by atoms with van der Waals surface area (Å²) in [6.45, 7) is 1.83. The van der Waals surface area contributed by atoms with Crippen molar-refractivity contribution in [3.63, 3.8) is 0 Å². The lowest BCUT2D eigenvalue weighted by atomic mass is 10.8. The highest BCUT2D eigenvalue weighted by molar-refractivity contribution is 7.99. The van der Waals surface area contributed by atoms with Gasteiger partial charge in [0.05, 0.1) is 0 Å². The van der Waals surface area contributed by atoms with E-state index in [-0.39, 0.29) is 0 Å². The van der Waals surface area contributed by atoms with E-state index in [1.54, 1.807) is 30.3 Å². The lowest BCUT2D eigenvalue weighted by Gasteiger charge is -2.05. The number of nitrogens with one attached hydrogen (secondary N) is 2. The topological polar surface area (TPSA) is 110 Å². The molecule has 0 amide bonds. The Hall–Kier alpha value is -2.49. The monoisotopic (exact) mass is 289 g/mol. The van der Waals surface area contributed by atoms with Crippen LogP contribution in [0.15, 0.2) is 29.0 Å². The first-order valence-electron chi connectivity index (χ1n) is 5.73. The van der Waals surface area contributed by atoms with Gasteiger partial charge in [-0.3, -0.25) is 9.67 Å². The minimum Gasteiger partial charge on any atom is -0.357 e. The summed E-state index contributed by atoms with van der Waals surface area (Å²) in [4.78, 5) is 21.1. The van der Waals surface area contributed by atoms with E-state index < -0.39 is 0 Å². The maximum Gasteiger partial charge on any atom is 0.240 e. The van der Waals surface area contributed by atoms with Crippen molar-refractivity contribution in [1.82, 2.24) is 39.7 Å². The summed E-state index contributed by atoms with van der Waals surface area (Å²) in [5.74, 6) is 1.69. The first-order chi connectivity index (χ1) is 9.74. The molecule has 0 saturated heterocycles. The highest BCUT2D eigenvalue weighted by atomic mass is 32.2. The highest BCUT2D eigenvalue weighted by Gasteiger charge is 2.11. The van der Waals surface area contributed by atoms with Crippen LogP contribution in [-0.2, 0) is 0 Å². The van der Waals surface area contributed by atoms with Gasteiger partial charge in [-0.2, -0.15) is 15.0 Å². The van der Waals surface area contributed by atoms with Crippen LogP contribution >= 0.6 is 11.8 Å². The average Bonchev–Trinajstić information content (AvgIpc) is 3.10.